The van der Waals surface area contributed by atoms with Crippen LogP contribution in [0.5, 0.6) is 0 Å². The summed E-state index contributed by atoms with van der Waals surface area (Å²) >= 11 is 0. The second-order valence-corrected chi connectivity index (χ2v) is 3.66. The molecule has 0 amide bonds. The van der Waals surface area contributed by atoms with E-state index in [-0.39, 0.29) is 25.6 Å². The first kappa shape index (κ1) is 14.4. The van der Waals surface area contributed by atoms with Crippen LogP contribution in [0.3, 0.4) is 0 Å². The molecule has 1 saturated heterocycles. The van der Waals surface area contributed by atoms with Gasteiger partial charge in [0.2, 0.25) is 0 Å². The predicted octanol–water partition coefficient (Wildman–Crippen LogP) is 0.167. The Labute approximate surface area is 102 Å². The Hall–Kier alpha value is -0.640. The van der Waals surface area contributed by atoms with E-state index in [1.807, 2.05) is 0 Å². The quantitative estimate of drug-likeness (QED) is 0.271. The minimum absolute atomic E-state index is 0.0437. The second-order valence-electron chi connectivity index (χ2n) is 3.66. The maximum atomic E-state index is 8.73. The summed E-state index contributed by atoms with van der Waals surface area (Å²) in [5.74, 6) is 5.88. The fraction of sp³-hybridized carbons (Fsp3) is 0.833. The van der Waals surface area contributed by atoms with Crippen LogP contribution in [-0.2, 0) is 18.9 Å². The summed E-state index contributed by atoms with van der Waals surface area (Å²) < 4.78 is 20.2. The highest BCUT2D eigenvalue weighted by Gasteiger charge is 2.36. The molecule has 0 aromatic carbocycles. The van der Waals surface area contributed by atoms with Gasteiger partial charge in [-0.2, -0.15) is 0 Å². The van der Waals surface area contributed by atoms with Crippen LogP contribution >= 0.6 is 0 Å². The molecule has 0 radical (unpaired) electrons. The van der Waals surface area contributed by atoms with Gasteiger partial charge >= 0.3 is 0 Å². The van der Waals surface area contributed by atoms with Gasteiger partial charge in [-0.25, -0.2) is 0 Å². The van der Waals surface area contributed by atoms with Gasteiger partial charge in [-0.05, 0) is 6.42 Å². The molecule has 1 heterocycles. The molecule has 0 spiro atoms. The minimum Gasteiger partial charge on any atom is -0.394 e. The molecule has 5 nitrogen and oxygen atoms in total. The first-order valence-electron chi connectivity index (χ1n) is 5.75. The van der Waals surface area contributed by atoms with Gasteiger partial charge in [0.1, 0.15) is 19.5 Å². The Morgan fingerprint density at radius 3 is 2.76 bits per heavy atom. The largest absolute Gasteiger partial charge is 0.394 e. The lowest BCUT2D eigenvalue weighted by molar-refractivity contribution is -0.0556. The SMILES string of the molecule is COCCOCOCC#CCC[C@H]1O[C@@H]1CO. The Kier molecular flexibility index (Phi) is 7.97. The highest BCUT2D eigenvalue weighted by molar-refractivity contribution is 5.00. The van der Waals surface area contributed by atoms with Gasteiger partial charge in [-0.15, -0.1) is 5.92 Å². The van der Waals surface area contributed by atoms with E-state index in [9.17, 15) is 0 Å². The van der Waals surface area contributed by atoms with Crippen molar-refractivity contribution in [2.45, 2.75) is 25.0 Å². The fourth-order valence-corrected chi connectivity index (χ4v) is 1.30. The van der Waals surface area contributed by atoms with Crippen LogP contribution in [0.1, 0.15) is 12.8 Å². The zero-order valence-corrected chi connectivity index (χ0v) is 10.2. The molecule has 1 fully saturated rings. The van der Waals surface area contributed by atoms with Crippen molar-refractivity contribution in [2.24, 2.45) is 0 Å². The molecule has 0 aromatic heterocycles. The average molecular weight is 244 g/mol. The number of rotatable bonds is 9. The smallest absolute Gasteiger partial charge is 0.148 e. The van der Waals surface area contributed by atoms with Gasteiger partial charge in [-0.1, -0.05) is 5.92 Å². The van der Waals surface area contributed by atoms with E-state index in [2.05, 4.69) is 11.8 Å². The molecule has 98 valence electrons. The van der Waals surface area contributed by atoms with E-state index in [4.69, 9.17) is 24.1 Å². The van der Waals surface area contributed by atoms with E-state index in [1.165, 1.54) is 0 Å². The molecule has 0 bridgehead atoms. The number of methoxy groups -OCH3 is 1. The van der Waals surface area contributed by atoms with Crippen LogP contribution in [0.25, 0.3) is 0 Å². The molecule has 17 heavy (non-hydrogen) atoms. The van der Waals surface area contributed by atoms with Crippen molar-refractivity contribution in [3.8, 4) is 11.8 Å². The van der Waals surface area contributed by atoms with Crippen molar-refractivity contribution < 1.29 is 24.1 Å². The zero-order valence-electron chi connectivity index (χ0n) is 10.2. The molecule has 0 aliphatic carbocycles. The summed E-state index contributed by atoms with van der Waals surface area (Å²) in [4.78, 5) is 0. The van der Waals surface area contributed by atoms with E-state index in [0.29, 0.717) is 19.8 Å². The van der Waals surface area contributed by atoms with Gasteiger partial charge in [0.25, 0.3) is 0 Å². The Bertz CT molecular complexity index is 245. The number of epoxide rings is 1. The summed E-state index contributed by atoms with van der Waals surface area (Å²) in [6.07, 6.45) is 1.90. The summed E-state index contributed by atoms with van der Waals surface area (Å²) in [6.45, 7) is 1.84. The highest BCUT2D eigenvalue weighted by atomic mass is 16.7. The van der Waals surface area contributed by atoms with Gasteiger partial charge in [0.05, 0.1) is 25.9 Å². The third kappa shape index (κ3) is 7.31. The van der Waals surface area contributed by atoms with Crippen LogP contribution in [0.15, 0.2) is 0 Å². The molecule has 5 heteroatoms. The highest BCUT2D eigenvalue weighted by Crippen LogP contribution is 2.25. The van der Waals surface area contributed by atoms with Gasteiger partial charge in [0.15, 0.2) is 0 Å². The summed E-state index contributed by atoms with van der Waals surface area (Å²) in [6, 6.07) is 0. The van der Waals surface area contributed by atoms with E-state index in [1.54, 1.807) is 7.11 Å². The molecule has 1 aliphatic rings. The molecule has 1 N–H and O–H groups in total. The van der Waals surface area contributed by atoms with Crippen molar-refractivity contribution in [1.29, 1.82) is 0 Å². The number of hydrogen-bond acceptors (Lipinski definition) is 5. The fourth-order valence-electron chi connectivity index (χ4n) is 1.30. The summed E-state index contributed by atoms with van der Waals surface area (Å²) in [5, 5.41) is 8.73. The molecule has 1 aliphatic heterocycles. The van der Waals surface area contributed by atoms with E-state index < -0.39 is 0 Å². The number of ether oxygens (including phenoxy) is 4. The second kappa shape index (κ2) is 9.40. The van der Waals surface area contributed by atoms with Crippen molar-refractivity contribution in [3.63, 3.8) is 0 Å². The molecular formula is C12H20O5. The Balaban J connectivity index is 1.80. The molecule has 1 rings (SSSR count). The molecule has 0 unspecified atom stereocenters. The number of aliphatic hydroxyl groups excluding tert-OH is 1. The number of aliphatic hydroxyl groups is 1. The first-order valence-corrected chi connectivity index (χ1v) is 5.75. The Morgan fingerprint density at radius 2 is 2.06 bits per heavy atom. The van der Waals surface area contributed by atoms with Crippen LogP contribution in [-0.4, -0.2) is 57.6 Å². The molecular weight excluding hydrogens is 224 g/mol. The van der Waals surface area contributed by atoms with E-state index >= 15 is 0 Å². The van der Waals surface area contributed by atoms with Gasteiger partial charge in [-0.3, -0.25) is 0 Å². The van der Waals surface area contributed by atoms with Gasteiger partial charge < -0.3 is 24.1 Å². The first-order chi connectivity index (χ1) is 8.38. The lowest BCUT2D eigenvalue weighted by Crippen LogP contribution is -2.05. The minimum atomic E-state index is 0.0437. The zero-order chi connectivity index (χ0) is 12.3. The van der Waals surface area contributed by atoms with Crippen molar-refractivity contribution in [1.82, 2.24) is 0 Å². The number of hydrogen-bond donors (Lipinski definition) is 1. The maximum Gasteiger partial charge on any atom is 0.148 e. The summed E-state index contributed by atoms with van der Waals surface area (Å²) in [7, 11) is 1.63. The van der Waals surface area contributed by atoms with Crippen molar-refractivity contribution in [3.05, 3.63) is 0 Å². The third-order valence-electron chi connectivity index (χ3n) is 2.32. The average Bonchev–Trinajstić information content (AvgIpc) is 3.10. The van der Waals surface area contributed by atoms with Crippen LogP contribution in [0, 0.1) is 11.8 Å². The molecule has 2 atom stereocenters. The topological polar surface area (TPSA) is 60.5 Å². The predicted molar refractivity (Wildman–Crippen MR) is 61.4 cm³/mol. The van der Waals surface area contributed by atoms with E-state index in [0.717, 1.165) is 12.8 Å². The lowest BCUT2D eigenvalue weighted by atomic mass is 10.2. The van der Waals surface area contributed by atoms with Crippen LogP contribution in [0.2, 0.25) is 0 Å². The normalized spacial score (nSPS) is 22.0. The van der Waals surface area contributed by atoms with Crippen LogP contribution < -0.4 is 0 Å². The monoisotopic (exact) mass is 244 g/mol. The van der Waals surface area contributed by atoms with Crippen molar-refractivity contribution >= 4 is 0 Å². The third-order valence-corrected chi connectivity index (χ3v) is 2.32. The Morgan fingerprint density at radius 1 is 1.18 bits per heavy atom. The van der Waals surface area contributed by atoms with Crippen LogP contribution in [0.4, 0.5) is 0 Å². The standard InChI is InChI=1S/C12H20O5/c1-14-7-8-16-10-15-6-4-2-3-5-11-12(9-13)17-11/h11-13H,3,5-10H2,1H3/t11-,12-/m1/s1. The summed E-state index contributed by atoms with van der Waals surface area (Å²) in [5.41, 5.74) is 0. The maximum absolute atomic E-state index is 8.73. The van der Waals surface area contributed by atoms with Crippen molar-refractivity contribution in [2.75, 3.05) is 40.3 Å². The molecule has 0 saturated carbocycles. The molecule has 0 aromatic rings. The lowest BCUT2D eigenvalue weighted by Gasteiger charge is -2.01. The van der Waals surface area contributed by atoms with Gasteiger partial charge in [0, 0.05) is 13.5 Å².